The van der Waals surface area contributed by atoms with E-state index in [0.717, 1.165) is 32.4 Å². The van der Waals surface area contributed by atoms with Gasteiger partial charge in [-0.3, -0.25) is 4.79 Å². The van der Waals surface area contributed by atoms with E-state index in [-0.39, 0.29) is 11.9 Å². The standard InChI is InChI=1S/C15H31N3O/c1-11(2)10-14(16)15(19)17(5)13-6-8-18(9-7-13)12(3)4/h11-14H,6-10,16H2,1-5H3/t14-/m0/s1. The van der Waals surface area contributed by atoms with E-state index >= 15 is 0 Å². The Hall–Kier alpha value is -0.610. The van der Waals surface area contributed by atoms with Crippen molar-refractivity contribution in [1.82, 2.24) is 9.80 Å². The summed E-state index contributed by atoms with van der Waals surface area (Å²) in [4.78, 5) is 16.6. The summed E-state index contributed by atoms with van der Waals surface area (Å²) in [7, 11) is 1.91. The molecule has 19 heavy (non-hydrogen) atoms. The monoisotopic (exact) mass is 269 g/mol. The molecule has 0 aliphatic carbocycles. The zero-order chi connectivity index (χ0) is 14.6. The molecule has 1 amide bonds. The number of nitrogens with zero attached hydrogens (tertiary/aromatic N) is 2. The maximum Gasteiger partial charge on any atom is 0.239 e. The van der Waals surface area contributed by atoms with Gasteiger partial charge in [-0.05, 0) is 39.0 Å². The number of rotatable bonds is 5. The lowest BCUT2D eigenvalue weighted by Crippen LogP contribution is -2.51. The predicted molar refractivity (Wildman–Crippen MR) is 79.9 cm³/mol. The van der Waals surface area contributed by atoms with Crippen LogP contribution in [0.4, 0.5) is 0 Å². The van der Waals surface area contributed by atoms with Gasteiger partial charge in [0.15, 0.2) is 0 Å². The quantitative estimate of drug-likeness (QED) is 0.826. The van der Waals surface area contributed by atoms with E-state index in [1.54, 1.807) is 0 Å². The molecule has 0 bridgehead atoms. The van der Waals surface area contributed by atoms with Gasteiger partial charge >= 0.3 is 0 Å². The Morgan fingerprint density at radius 3 is 2.21 bits per heavy atom. The van der Waals surface area contributed by atoms with E-state index < -0.39 is 0 Å². The average Bonchev–Trinajstić information content (AvgIpc) is 2.36. The van der Waals surface area contributed by atoms with Crippen LogP contribution in [0.1, 0.15) is 47.0 Å². The van der Waals surface area contributed by atoms with Crippen molar-refractivity contribution in [3.8, 4) is 0 Å². The summed E-state index contributed by atoms with van der Waals surface area (Å²) < 4.78 is 0. The van der Waals surface area contributed by atoms with Gasteiger partial charge in [-0.1, -0.05) is 13.8 Å². The third-order valence-corrected chi connectivity index (χ3v) is 4.17. The van der Waals surface area contributed by atoms with Gasteiger partial charge in [0.25, 0.3) is 0 Å². The van der Waals surface area contributed by atoms with Gasteiger partial charge in [-0.15, -0.1) is 0 Å². The number of carbonyl (C=O) groups is 1. The molecule has 2 N–H and O–H groups in total. The summed E-state index contributed by atoms with van der Waals surface area (Å²) in [5, 5.41) is 0. The number of nitrogens with two attached hydrogens (primary N) is 1. The van der Waals surface area contributed by atoms with Crippen LogP contribution in [0.25, 0.3) is 0 Å². The Balaban J connectivity index is 2.46. The average molecular weight is 269 g/mol. The van der Waals surface area contributed by atoms with E-state index in [9.17, 15) is 4.79 Å². The van der Waals surface area contributed by atoms with E-state index in [0.29, 0.717) is 18.0 Å². The number of amides is 1. The van der Waals surface area contributed by atoms with Crippen molar-refractivity contribution < 1.29 is 4.79 Å². The van der Waals surface area contributed by atoms with Crippen molar-refractivity contribution in [2.24, 2.45) is 11.7 Å². The fourth-order valence-electron chi connectivity index (χ4n) is 2.84. The molecule has 1 fully saturated rings. The molecule has 112 valence electrons. The Bertz CT molecular complexity index is 283. The molecule has 0 radical (unpaired) electrons. The lowest BCUT2D eigenvalue weighted by atomic mass is 9.99. The van der Waals surface area contributed by atoms with Crippen LogP contribution in [0.15, 0.2) is 0 Å². The summed E-state index contributed by atoms with van der Waals surface area (Å²) in [5.74, 6) is 0.576. The highest BCUT2D eigenvalue weighted by Crippen LogP contribution is 2.18. The summed E-state index contributed by atoms with van der Waals surface area (Å²) in [6, 6.07) is 0.624. The molecule has 0 spiro atoms. The number of hydrogen-bond acceptors (Lipinski definition) is 3. The minimum atomic E-state index is -0.340. The molecule has 0 aromatic carbocycles. The maximum absolute atomic E-state index is 12.3. The Morgan fingerprint density at radius 2 is 1.79 bits per heavy atom. The zero-order valence-corrected chi connectivity index (χ0v) is 13.2. The molecule has 4 nitrogen and oxygen atoms in total. The summed E-state index contributed by atoms with van der Waals surface area (Å²) >= 11 is 0. The highest BCUT2D eigenvalue weighted by molar-refractivity contribution is 5.81. The van der Waals surface area contributed by atoms with E-state index in [1.165, 1.54) is 0 Å². The van der Waals surface area contributed by atoms with Gasteiger partial charge in [0.2, 0.25) is 5.91 Å². The maximum atomic E-state index is 12.3. The molecule has 1 heterocycles. The van der Waals surface area contributed by atoms with Gasteiger partial charge < -0.3 is 15.5 Å². The molecule has 4 heteroatoms. The van der Waals surface area contributed by atoms with Gasteiger partial charge in [-0.25, -0.2) is 0 Å². The van der Waals surface area contributed by atoms with Crippen molar-refractivity contribution in [1.29, 1.82) is 0 Å². The summed E-state index contributed by atoms with van der Waals surface area (Å²) in [6.45, 7) is 10.8. The molecule has 0 saturated carbocycles. The molecular weight excluding hydrogens is 238 g/mol. The van der Waals surface area contributed by atoms with Crippen LogP contribution in [0.3, 0.4) is 0 Å². The number of hydrogen-bond donors (Lipinski definition) is 1. The molecule has 1 rings (SSSR count). The highest BCUT2D eigenvalue weighted by atomic mass is 16.2. The smallest absolute Gasteiger partial charge is 0.239 e. The van der Waals surface area contributed by atoms with Gasteiger partial charge in [-0.2, -0.15) is 0 Å². The largest absolute Gasteiger partial charge is 0.341 e. The number of likely N-dealkylation sites (tertiary alicyclic amines) is 1. The number of likely N-dealkylation sites (N-methyl/N-ethyl adjacent to an activating group) is 1. The third-order valence-electron chi connectivity index (χ3n) is 4.17. The Labute approximate surface area is 118 Å². The Kier molecular flexibility index (Phi) is 6.27. The van der Waals surface area contributed by atoms with Crippen LogP contribution >= 0.6 is 0 Å². The highest BCUT2D eigenvalue weighted by Gasteiger charge is 2.28. The van der Waals surface area contributed by atoms with Crippen LogP contribution in [0, 0.1) is 5.92 Å². The van der Waals surface area contributed by atoms with Crippen molar-refractivity contribution in [2.75, 3.05) is 20.1 Å². The van der Waals surface area contributed by atoms with E-state index in [4.69, 9.17) is 5.73 Å². The number of carbonyl (C=O) groups excluding carboxylic acids is 1. The van der Waals surface area contributed by atoms with E-state index in [2.05, 4.69) is 32.6 Å². The fourth-order valence-corrected chi connectivity index (χ4v) is 2.84. The first-order valence-electron chi connectivity index (χ1n) is 7.59. The fraction of sp³-hybridized carbons (Fsp3) is 0.933. The van der Waals surface area contributed by atoms with Crippen molar-refractivity contribution in [2.45, 2.75) is 65.1 Å². The SMILES string of the molecule is CC(C)C[C@H](N)C(=O)N(C)C1CCN(C(C)C)CC1. The second-order valence-corrected chi connectivity index (χ2v) is 6.55. The normalized spacial score (nSPS) is 20.0. The zero-order valence-electron chi connectivity index (χ0n) is 13.2. The predicted octanol–water partition coefficient (Wildman–Crippen LogP) is 1.69. The molecule has 0 aromatic rings. The lowest BCUT2D eigenvalue weighted by Gasteiger charge is -2.39. The molecule has 1 atom stereocenters. The van der Waals surface area contributed by atoms with Crippen LogP contribution < -0.4 is 5.73 Å². The first-order valence-corrected chi connectivity index (χ1v) is 7.59. The molecule has 1 aliphatic heterocycles. The molecular formula is C15H31N3O. The molecule has 1 aliphatic rings. The van der Waals surface area contributed by atoms with Crippen molar-refractivity contribution >= 4 is 5.91 Å². The minimum absolute atomic E-state index is 0.108. The lowest BCUT2D eigenvalue weighted by molar-refractivity contribution is -0.134. The number of piperidine rings is 1. The topological polar surface area (TPSA) is 49.6 Å². The first-order chi connectivity index (χ1) is 8.82. The second-order valence-electron chi connectivity index (χ2n) is 6.55. The van der Waals surface area contributed by atoms with Crippen LogP contribution in [0.5, 0.6) is 0 Å². The van der Waals surface area contributed by atoms with Crippen LogP contribution in [0.2, 0.25) is 0 Å². The molecule has 0 aromatic heterocycles. The van der Waals surface area contributed by atoms with Gasteiger partial charge in [0.05, 0.1) is 6.04 Å². The second kappa shape index (κ2) is 7.25. The summed E-state index contributed by atoms with van der Waals surface area (Å²) in [6.07, 6.45) is 2.90. The van der Waals surface area contributed by atoms with Gasteiger partial charge in [0.1, 0.15) is 0 Å². The molecule has 0 unspecified atom stereocenters. The van der Waals surface area contributed by atoms with Crippen LogP contribution in [-0.2, 0) is 4.79 Å². The van der Waals surface area contributed by atoms with Crippen molar-refractivity contribution in [3.05, 3.63) is 0 Å². The molecule has 1 saturated heterocycles. The minimum Gasteiger partial charge on any atom is -0.341 e. The summed E-state index contributed by atoms with van der Waals surface area (Å²) in [5.41, 5.74) is 6.00. The van der Waals surface area contributed by atoms with E-state index in [1.807, 2.05) is 11.9 Å². The van der Waals surface area contributed by atoms with Crippen LogP contribution in [-0.4, -0.2) is 54.0 Å². The van der Waals surface area contributed by atoms with Gasteiger partial charge in [0, 0.05) is 32.2 Å². The third kappa shape index (κ3) is 4.77. The van der Waals surface area contributed by atoms with Crippen molar-refractivity contribution in [3.63, 3.8) is 0 Å². The Morgan fingerprint density at radius 1 is 1.26 bits per heavy atom. The first kappa shape index (κ1) is 16.4.